The van der Waals surface area contributed by atoms with Crippen molar-refractivity contribution in [3.8, 4) is 0 Å². The Morgan fingerprint density at radius 1 is 1.33 bits per heavy atom. The summed E-state index contributed by atoms with van der Waals surface area (Å²) >= 11 is 0. The Morgan fingerprint density at radius 2 is 2.00 bits per heavy atom. The lowest BCUT2D eigenvalue weighted by molar-refractivity contribution is -0.0911. The average Bonchev–Trinajstić information content (AvgIpc) is 2.15. The van der Waals surface area contributed by atoms with E-state index in [2.05, 4.69) is 0 Å². The number of hydrogen-bond donors (Lipinski definition) is 0. The molecule has 0 fully saturated rings. The smallest absolute Gasteiger partial charge is 0.379 e. The molecular formula is C10H19BO4+. The van der Waals surface area contributed by atoms with Gasteiger partial charge in [-0.05, 0) is 13.8 Å². The summed E-state index contributed by atoms with van der Waals surface area (Å²) in [6.07, 6.45) is 1.52. The zero-order valence-electron chi connectivity index (χ0n) is 9.79. The fraction of sp³-hybridized carbons (Fsp3) is 0.800. The first kappa shape index (κ1) is 12.4. The Kier molecular flexibility index (Phi) is 3.68. The minimum atomic E-state index is -0.681. The standard InChI is InChI=1S/C10H18BO4/c1-9(2,12)10(3,4)15-11-8-7-13-5-6-14-8/h7,12H,5-6H2,1-4H3/p+1. The molecule has 0 aromatic carbocycles. The minimum absolute atomic E-state index is 0.538. The van der Waals surface area contributed by atoms with Crippen molar-refractivity contribution >= 4 is 7.48 Å². The molecular weight excluding hydrogens is 195 g/mol. The van der Waals surface area contributed by atoms with Crippen LogP contribution in [0.5, 0.6) is 0 Å². The predicted molar refractivity (Wildman–Crippen MR) is 58.6 cm³/mol. The van der Waals surface area contributed by atoms with Crippen LogP contribution in [0.2, 0.25) is 0 Å². The molecule has 0 aromatic heterocycles. The second-order valence-corrected chi connectivity index (χ2v) is 4.61. The average molecular weight is 214 g/mol. The number of ether oxygens (including phenoxy) is 2. The highest BCUT2D eigenvalue weighted by molar-refractivity contribution is 6.37. The lowest BCUT2D eigenvalue weighted by atomic mass is 9.86. The van der Waals surface area contributed by atoms with Gasteiger partial charge < -0.3 is 19.2 Å². The minimum Gasteiger partial charge on any atom is -0.499 e. The summed E-state index contributed by atoms with van der Waals surface area (Å²) in [4.78, 5) is 0. The molecule has 0 spiro atoms. The largest absolute Gasteiger partial charge is 0.499 e. The van der Waals surface area contributed by atoms with Crippen molar-refractivity contribution in [3.63, 3.8) is 0 Å². The molecule has 1 radical (unpaired) electrons. The molecule has 0 atom stereocenters. The SMILES string of the molecule is CC(C)([OH2+])C(C)(C)O[B]C1=COCCO1. The highest BCUT2D eigenvalue weighted by Crippen LogP contribution is 2.25. The van der Waals surface area contributed by atoms with Gasteiger partial charge >= 0.3 is 7.48 Å². The highest BCUT2D eigenvalue weighted by Gasteiger charge is 2.40. The molecule has 0 saturated heterocycles. The molecule has 0 aromatic rings. The number of hydrogen-bond acceptors (Lipinski definition) is 3. The van der Waals surface area contributed by atoms with Gasteiger partial charge in [-0.3, -0.25) is 0 Å². The molecule has 15 heavy (non-hydrogen) atoms. The monoisotopic (exact) mass is 214 g/mol. The molecule has 1 heterocycles. The van der Waals surface area contributed by atoms with E-state index < -0.39 is 11.2 Å². The summed E-state index contributed by atoms with van der Waals surface area (Å²) in [7, 11) is 1.51. The van der Waals surface area contributed by atoms with Gasteiger partial charge in [-0.15, -0.1) is 0 Å². The molecule has 0 saturated carbocycles. The molecule has 1 rings (SSSR count). The molecule has 2 N–H and O–H groups in total. The van der Waals surface area contributed by atoms with Gasteiger partial charge in [-0.25, -0.2) is 0 Å². The fourth-order valence-electron chi connectivity index (χ4n) is 0.797. The van der Waals surface area contributed by atoms with Gasteiger partial charge in [0.2, 0.25) is 0 Å². The van der Waals surface area contributed by atoms with Gasteiger partial charge in [0.05, 0.1) is 0 Å². The van der Waals surface area contributed by atoms with Crippen LogP contribution in [0.15, 0.2) is 11.9 Å². The summed E-state index contributed by atoms with van der Waals surface area (Å²) in [5.41, 5.74) is -0.688. The van der Waals surface area contributed by atoms with E-state index in [0.29, 0.717) is 18.9 Å². The van der Waals surface area contributed by atoms with Crippen LogP contribution < -0.4 is 0 Å². The van der Waals surface area contributed by atoms with Crippen LogP contribution in [-0.2, 0) is 14.1 Å². The van der Waals surface area contributed by atoms with E-state index in [1.807, 2.05) is 27.7 Å². The first-order valence-electron chi connectivity index (χ1n) is 5.03. The zero-order chi connectivity index (χ0) is 11.5. The lowest BCUT2D eigenvalue weighted by Crippen LogP contribution is -2.48. The van der Waals surface area contributed by atoms with Crippen molar-refractivity contribution in [2.75, 3.05) is 13.2 Å². The van der Waals surface area contributed by atoms with Crippen LogP contribution in [0.3, 0.4) is 0 Å². The van der Waals surface area contributed by atoms with Crippen LogP contribution in [-0.4, -0.2) is 37.0 Å². The van der Waals surface area contributed by atoms with Crippen molar-refractivity contribution < 1.29 is 19.2 Å². The zero-order valence-corrected chi connectivity index (χ0v) is 9.79. The van der Waals surface area contributed by atoms with Crippen molar-refractivity contribution in [2.45, 2.75) is 38.9 Å². The van der Waals surface area contributed by atoms with Gasteiger partial charge in [-0.1, -0.05) is 0 Å². The molecule has 4 nitrogen and oxygen atoms in total. The third kappa shape index (κ3) is 3.43. The third-order valence-corrected chi connectivity index (χ3v) is 2.64. The first-order valence-corrected chi connectivity index (χ1v) is 5.03. The van der Waals surface area contributed by atoms with Crippen LogP contribution in [0.4, 0.5) is 0 Å². The summed E-state index contributed by atoms with van der Waals surface area (Å²) in [5, 5.41) is 7.92. The maximum Gasteiger partial charge on any atom is 0.379 e. The van der Waals surface area contributed by atoms with Gasteiger partial charge in [0, 0.05) is 13.8 Å². The molecule has 0 aliphatic carbocycles. The van der Waals surface area contributed by atoms with E-state index in [1.54, 1.807) is 0 Å². The van der Waals surface area contributed by atoms with Crippen molar-refractivity contribution in [3.05, 3.63) is 11.9 Å². The summed E-state index contributed by atoms with van der Waals surface area (Å²) in [6, 6.07) is 0. The van der Waals surface area contributed by atoms with E-state index in [9.17, 15) is 0 Å². The maximum atomic E-state index is 7.92. The van der Waals surface area contributed by atoms with E-state index in [1.165, 1.54) is 13.7 Å². The van der Waals surface area contributed by atoms with E-state index in [0.717, 1.165) is 0 Å². The second-order valence-electron chi connectivity index (χ2n) is 4.61. The molecule has 1 aliphatic rings. The molecule has 1 aliphatic heterocycles. The summed E-state index contributed by atoms with van der Waals surface area (Å²) < 4.78 is 15.9. The molecule has 5 heteroatoms. The van der Waals surface area contributed by atoms with Crippen LogP contribution in [0.25, 0.3) is 0 Å². The van der Waals surface area contributed by atoms with Crippen molar-refractivity contribution in [1.82, 2.24) is 0 Å². The van der Waals surface area contributed by atoms with Gasteiger partial charge in [0.15, 0.2) is 5.60 Å². The van der Waals surface area contributed by atoms with Crippen LogP contribution in [0, 0.1) is 0 Å². The second kappa shape index (κ2) is 4.45. The van der Waals surface area contributed by atoms with Crippen LogP contribution in [0.1, 0.15) is 27.7 Å². The quantitative estimate of drug-likeness (QED) is 0.512. The topological polar surface area (TPSA) is 50.6 Å². The molecule has 0 amide bonds. The Hall–Kier alpha value is -0.675. The van der Waals surface area contributed by atoms with Gasteiger partial charge in [0.25, 0.3) is 0 Å². The van der Waals surface area contributed by atoms with E-state index in [4.69, 9.17) is 19.2 Å². The maximum absolute atomic E-state index is 7.92. The van der Waals surface area contributed by atoms with E-state index in [-0.39, 0.29) is 0 Å². The Labute approximate surface area is 91.5 Å². The van der Waals surface area contributed by atoms with Gasteiger partial charge in [0.1, 0.15) is 30.7 Å². The predicted octanol–water partition coefficient (Wildman–Crippen LogP) is 0.750. The Bertz CT molecular complexity index is 242. The first-order chi connectivity index (χ1) is 6.83. The normalized spacial score (nSPS) is 17.5. The molecule has 0 unspecified atom stereocenters. The van der Waals surface area contributed by atoms with Gasteiger partial charge in [-0.2, -0.15) is 0 Å². The Balaban J connectivity index is 2.45. The molecule has 0 bridgehead atoms. The van der Waals surface area contributed by atoms with E-state index >= 15 is 0 Å². The summed E-state index contributed by atoms with van der Waals surface area (Å²) in [5.74, 6) is 0. The van der Waals surface area contributed by atoms with Crippen molar-refractivity contribution in [1.29, 1.82) is 0 Å². The Morgan fingerprint density at radius 3 is 2.47 bits per heavy atom. The third-order valence-electron chi connectivity index (χ3n) is 2.64. The lowest BCUT2D eigenvalue weighted by Gasteiger charge is -2.33. The highest BCUT2D eigenvalue weighted by atomic mass is 16.6. The number of rotatable bonds is 4. The fourth-order valence-corrected chi connectivity index (χ4v) is 0.797. The summed E-state index contributed by atoms with van der Waals surface area (Å²) in [6.45, 7) is 8.49. The molecule has 85 valence electrons. The van der Waals surface area contributed by atoms with Crippen molar-refractivity contribution in [2.24, 2.45) is 0 Å². The van der Waals surface area contributed by atoms with Crippen LogP contribution >= 0.6 is 0 Å².